The molecule has 0 aromatic carbocycles. The lowest BCUT2D eigenvalue weighted by molar-refractivity contribution is 0.383. The molecule has 7 heteroatoms. The van der Waals surface area contributed by atoms with Crippen molar-refractivity contribution >= 4 is 11.6 Å². The fourth-order valence-corrected chi connectivity index (χ4v) is 1.54. The minimum atomic E-state index is 0.483. The average Bonchev–Trinajstić information content (AvgIpc) is 2.81. The molecular formula is C11H15N5O2. The smallest absolute Gasteiger partial charge is 0.204 e. The summed E-state index contributed by atoms with van der Waals surface area (Å²) in [7, 11) is 3.34. The molecule has 0 aliphatic heterocycles. The van der Waals surface area contributed by atoms with Crippen molar-refractivity contribution in [1.82, 2.24) is 15.1 Å². The number of nitrogens with zero attached hydrogens (tertiary/aromatic N) is 3. The highest BCUT2D eigenvalue weighted by molar-refractivity contribution is 5.63. The first kappa shape index (κ1) is 12.2. The lowest BCUT2D eigenvalue weighted by Gasteiger charge is -2.11. The highest BCUT2D eigenvalue weighted by Crippen LogP contribution is 2.28. The summed E-state index contributed by atoms with van der Waals surface area (Å²) in [6.07, 6.45) is 1.46. The summed E-state index contributed by atoms with van der Waals surface area (Å²) in [5.74, 6) is 2.53. The number of nitrogens with one attached hydrogen (secondary N) is 2. The van der Waals surface area contributed by atoms with Crippen LogP contribution in [0.15, 0.2) is 16.9 Å². The van der Waals surface area contributed by atoms with E-state index in [0.717, 1.165) is 11.5 Å². The molecule has 0 atom stereocenters. The second-order valence-corrected chi connectivity index (χ2v) is 3.64. The van der Waals surface area contributed by atoms with Gasteiger partial charge in [0.1, 0.15) is 6.33 Å². The number of ether oxygens (including phenoxy) is 1. The second-order valence-electron chi connectivity index (χ2n) is 3.64. The van der Waals surface area contributed by atoms with Gasteiger partial charge in [-0.05, 0) is 6.92 Å². The van der Waals surface area contributed by atoms with Crippen LogP contribution in [0.2, 0.25) is 0 Å². The fourth-order valence-electron chi connectivity index (χ4n) is 1.54. The average molecular weight is 249 g/mol. The van der Waals surface area contributed by atoms with Gasteiger partial charge >= 0.3 is 0 Å². The molecule has 18 heavy (non-hydrogen) atoms. The zero-order chi connectivity index (χ0) is 13.0. The first-order valence-electron chi connectivity index (χ1n) is 5.47. The van der Waals surface area contributed by atoms with E-state index in [4.69, 9.17) is 9.26 Å². The van der Waals surface area contributed by atoms with E-state index in [1.54, 1.807) is 14.2 Å². The highest BCUT2D eigenvalue weighted by atomic mass is 16.5. The lowest BCUT2D eigenvalue weighted by Crippen LogP contribution is -2.06. The van der Waals surface area contributed by atoms with E-state index in [1.165, 1.54) is 6.33 Å². The normalized spacial score (nSPS) is 10.2. The molecule has 2 N–H and O–H groups in total. The predicted octanol–water partition coefficient (Wildman–Crippen LogP) is 1.44. The molecule has 0 aliphatic carbocycles. The molecular weight excluding hydrogens is 234 g/mol. The number of aryl methyl sites for hydroxylation is 1. The molecule has 0 radical (unpaired) electrons. The molecule has 0 aliphatic rings. The van der Waals surface area contributed by atoms with Crippen LogP contribution in [0.25, 0.3) is 0 Å². The Hall–Kier alpha value is -2.31. The largest absolute Gasteiger partial charge is 0.490 e. The van der Waals surface area contributed by atoms with E-state index in [-0.39, 0.29) is 0 Å². The minimum absolute atomic E-state index is 0.483. The van der Waals surface area contributed by atoms with E-state index in [2.05, 4.69) is 25.8 Å². The van der Waals surface area contributed by atoms with Crippen LogP contribution in [-0.4, -0.2) is 29.3 Å². The van der Waals surface area contributed by atoms with Crippen LogP contribution in [0.1, 0.15) is 11.5 Å². The molecule has 96 valence electrons. The summed E-state index contributed by atoms with van der Waals surface area (Å²) in [6.45, 7) is 2.36. The number of aromatic nitrogens is 3. The Balaban J connectivity index is 2.13. The lowest BCUT2D eigenvalue weighted by atomic mass is 10.4. The summed E-state index contributed by atoms with van der Waals surface area (Å²) in [6, 6.07) is 1.86. The van der Waals surface area contributed by atoms with Gasteiger partial charge in [-0.3, -0.25) is 0 Å². The Kier molecular flexibility index (Phi) is 3.61. The Labute approximate surface area is 105 Å². The topological polar surface area (TPSA) is 85.1 Å². The van der Waals surface area contributed by atoms with Crippen molar-refractivity contribution in [3.8, 4) is 5.75 Å². The van der Waals surface area contributed by atoms with E-state index < -0.39 is 0 Å². The Morgan fingerprint density at radius 1 is 1.33 bits per heavy atom. The summed E-state index contributed by atoms with van der Waals surface area (Å²) >= 11 is 0. The van der Waals surface area contributed by atoms with Crippen molar-refractivity contribution < 1.29 is 9.26 Å². The van der Waals surface area contributed by atoms with E-state index in [1.807, 2.05) is 13.0 Å². The maximum Gasteiger partial charge on any atom is 0.204 e. The van der Waals surface area contributed by atoms with Crippen LogP contribution < -0.4 is 15.4 Å². The molecule has 7 nitrogen and oxygen atoms in total. The van der Waals surface area contributed by atoms with E-state index in [0.29, 0.717) is 23.9 Å². The zero-order valence-electron chi connectivity index (χ0n) is 10.5. The third-order valence-electron chi connectivity index (χ3n) is 2.35. The third kappa shape index (κ3) is 2.50. The van der Waals surface area contributed by atoms with Crippen molar-refractivity contribution in [3.05, 3.63) is 23.8 Å². The second kappa shape index (κ2) is 5.35. The molecule has 0 saturated carbocycles. The molecule has 0 saturated heterocycles. The van der Waals surface area contributed by atoms with Crippen LogP contribution in [0.3, 0.4) is 0 Å². The van der Waals surface area contributed by atoms with Crippen molar-refractivity contribution in [3.63, 3.8) is 0 Å². The van der Waals surface area contributed by atoms with Gasteiger partial charge < -0.3 is 19.9 Å². The Bertz CT molecular complexity index is 526. The van der Waals surface area contributed by atoms with Gasteiger partial charge in [0, 0.05) is 13.1 Å². The van der Waals surface area contributed by atoms with Gasteiger partial charge in [0.2, 0.25) is 5.75 Å². The SMILES string of the molecule is CNc1ncnc(NCc2cc(C)no2)c1OC. The summed E-state index contributed by atoms with van der Waals surface area (Å²) in [4.78, 5) is 8.20. The summed E-state index contributed by atoms with van der Waals surface area (Å²) in [5.41, 5.74) is 0.845. The van der Waals surface area contributed by atoms with Crippen LogP contribution >= 0.6 is 0 Å². The van der Waals surface area contributed by atoms with Gasteiger partial charge in [-0.25, -0.2) is 9.97 Å². The van der Waals surface area contributed by atoms with Crippen molar-refractivity contribution in [2.75, 3.05) is 24.8 Å². The predicted molar refractivity (Wildman–Crippen MR) is 66.7 cm³/mol. The van der Waals surface area contributed by atoms with Crippen LogP contribution in [0.5, 0.6) is 5.75 Å². The minimum Gasteiger partial charge on any atom is -0.490 e. The number of rotatable bonds is 5. The van der Waals surface area contributed by atoms with Crippen LogP contribution in [-0.2, 0) is 6.54 Å². The van der Waals surface area contributed by atoms with E-state index >= 15 is 0 Å². The molecule has 0 spiro atoms. The van der Waals surface area contributed by atoms with Gasteiger partial charge in [-0.1, -0.05) is 5.16 Å². The first-order chi connectivity index (χ1) is 8.74. The van der Waals surface area contributed by atoms with Crippen molar-refractivity contribution in [2.45, 2.75) is 13.5 Å². The zero-order valence-corrected chi connectivity index (χ0v) is 10.5. The van der Waals surface area contributed by atoms with Crippen molar-refractivity contribution in [1.29, 1.82) is 0 Å². The van der Waals surface area contributed by atoms with E-state index in [9.17, 15) is 0 Å². The molecule has 0 unspecified atom stereocenters. The number of methoxy groups -OCH3 is 1. The van der Waals surface area contributed by atoms with Gasteiger partial charge in [-0.2, -0.15) is 0 Å². The summed E-state index contributed by atoms with van der Waals surface area (Å²) in [5, 5.41) is 9.87. The quantitative estimate of drug-likeness (QED) is 0.829. The van der Waals surface area contributed by atoms with Crippen molar-refractivity contribution in [2.24, 2.45) is 0 Å². The number of anilines is 2. The number of hydrogen-bond acceptors (Lipinski definition) is 7. The highest BCUT2D eigenvalue weighted by Gasteiger charge is 2.11. The fraction of sp³-hybridized carbons (Fsp3) is 0.364. The maximum absolute atomic E-state index is 5.26. The molecule has 0 bridgehead atoms. The van der Waals surface area contributed by atoms with Gasteiger partial charge in [0.25, 0.3) is 0 Å². The molecule has 2 aromatic heterocycles. The standard InChI is InChI=1S/C11H15N5O2/c1-7-4-8(18-16-7)5-13-11-9(17-3)10(12-2)14-6-15-11/h4,6H,5H2,1-3H3,(H2,12,13,14,15). The maximum atomic E-state index is 5.26. The molecule has 0 amide bonds. The van der Waals surface area contributed by atoms with Crippen LogP contribution in [0, 0.1) is 6.92 Å². The van der Waals surface area contributed by atoms with Gasteiger partial charge in [0.15, 0.2) is 17.4 Å². The number of hydrogen-bond donors (Lipinski definition) is 2. The van der Waals surface area contributed by atoms with Gasteiger partial charge in [-0.15, -0.1) is 0 Å². The molecule has 2 aromatic rings. The Morgan fingerprint density at radius 2 is 2.11 bits per heavy atom. The molecule has 0 fully saturated rings. The summed E-state index contributed by atoms with van der Waals surface area (Å²) < 4.78 is 10.4. The molecule has 2 heterocycles. The first-order valence-corrected chi connectivity index (χ1v) is 5.47. The monoisotopic (exact) mass is 249 g/mol. The van der Waals surface area contributed by atoms with Crippen LogP contribution in [0.4, 0.5) is 11.6 Å². The molecule has 2 rings (SSSR count). The van der Waals surface area contributed by atoms with Gasteiger partial charge in [0.05, 0.1) is 19.3 Å². The Morgan fingerprint density at radius 3 is 2.72 bits per heavy atom. The third-order valence-corrected chi connectivity index (χ3v) is 2.35.